The number of nitrogens with zero attached hydrogens (tertiary/aromatic N) is 4. The molecular formula is C9H9N5O. The summed E-state index contributed by atoms with van der Waals surface area (Å²) in [6.07, 6.45) is 6.45. The van der Waals surface area contributed by atoms with E-state index in [-0.39, 0.29) is 5.91 Å². The number of anilines is 1. The highest BCUT2D eigenvalue weighted by atomic mass is 16.1. The van der Waals surface area contributed by atoms with E-state index in [1.165, 1.54) is 24.0 Å². The summed E-state index contributed by atoms with van der Waals surface area (Å²) < 4.78 is 1.54. The molecule has 0 aromatic carbocycles. The van der Waals surface area contributed by atoms with Crippen LogP contribution in [0.25, 0.3) is 5.95 Å². The molecule has 0 aliphatic heterocycles. The summed E-state index contributed by atoms with van der Waals surface area (Å²) in [5, 5.41) is 6.57. The fourth-order valence-corrected chi connectivity index (χ4v) is 1.09. The Kier molecular flexibility index (Phi) is 2.40. The summed E-state index contributed by atoms with van der Waals surface area (Å²) in [7, 11) is 0. The standard InChI is InChI=1S/C9H9N5O/c1-7(15)13-8-5-10-9(11-6-8)14-4-2-3-12-14/h2-6H,1H3,(H,13,15). The van der Waals surface area contributed by atoms with E-state index >= 15 is 0 Å². The molecule has 0 aliphatic rings. The third kappa shape index (κ3) is 2.16. The Morgan fingerprint density at radius 3 is 2.67 bits per heavy atom. The van der Waals surface area contributed by atoms with E-state index in [9.17, 15) is 4.79 Å². The van der Waals surface area contributed by atoms with Gasteiger partial charge >= 0.3 is 0 Å². The Morgan fingerprint density at radius 2 is 2.13 bits per heavy atom. The lowest BCUT2D eigenvalue weighted by molar-refractivity contribution is -0.114. The maximum absolute atomic E-state index is 10.7. The van der Waals surface area contributed by atoms with Crippen molar-refractivity contribution in [2.24, 2.45) is 0 Å². The largest absolute Gasteiger partial charge is 0.324 e. The second-order valence-electron chi connectivity index (χ2n) is 2.90. The van der Waals surface area contributed by atoms with Gasteiger partial charge in [-0.2, -0.15) is 5.10 Å². The molecule has 2 aromatic rings. The van der Waals surface area contributed by atoms with Crippen molar-refractivity contribution in [1.82, 2.24) is 19.7 Å². The first-order valence-electron chi connectivity index (χ1n) is 4.35. The van der Waals surface area contributed by atoms with Crippen LogP contribution in [0.15, 0.2) is 30.9 Å². The van der Waals surface area contributed by atoms with Gasteiger partial charge in [-0.1, -0.05) is 0 Å². The second kappa shape index (κ2) is 3.87. The number of carbonyl (C=O) groups excluding carboxylic acids is 1. The normalized spacial score (nSPS) is 9.93. The molecule has 15 heavy (non-hydrogen) atoms. The molecule has 6 heteroatoms. The van der Waals surface area contributed by atoms with Crippen LogP contribution < -0.4 is 5.32 Å². The number of rotatable bonds is 2. The summed E-state index contributed by atoms with van der Waals surface area (Å²) in [5.74, 6) is 0.319. The van der Waals surface area contributed by atoms with Crippen molar-refractivity contribution in [3.05, 3.63) is 30.9 Å². The molecule has 0 saturated heterocycles. The highest BCUT2D eigenvalue weighted by Gasteiger charge is 2.00. The molecule has 0 unspecified atom stereocenters. The third-order valence-corrected chi connectivity index (χ3v) is 1.67. The molecule has 0 radical (unpaired) electrons. The Labute approximate surface area is 86.0 Å². The molecule has 2 rings (SSSR count). The zero-order valence-corrected chi connectivity index (χ0v) is 8.08. The zero-order chi connectivity index (χ0) is 10.7. The van der Waals surface area contributed by atoms with Gasteiger partial charge in [-0.05, 0) is 6.07 Å². The minimum atomic E-state index is -0.148. The van der Waals surface area contributed by atoms with Gasteiger partial charge in [0.2, 0.25) is 5.91 Å². The number of hydrogen-bond donors (Lipinski definition) is 1. The van der Waals surface area contributed by atoms with E-state index in [0.717, 1.165) is 0 Å². The van der Waals surface area contributed by atoms with E-state index in [1.54, 1.807) is 18.5 Å². The van der Waals surface area contributed by atoms with E-state index in [1.807, 2.05) is 0 Å². The van der Waals surface area contributed by atoms with Gasteiger partial charge in [0.05, 0.1) is 18.1 Å². The first kappa shape index (κ1) is 9.32. The van der Waals surface area contributed by atoms with Gasteiger partial charge in [0.15, 0.2) is 0 Å². The maximum atomic E-state index is 10.7. The molecule has 0 aliphatic carbocycles. The molecule has 6 nitrogen and oxygen atoms in total. The van der Waals surface area contributed by atoms with E-state index in [0.29, 0.717) is 11.6 Å². The van der Waals surface area contributed by atoms with Crippen molar-refractivity contribution in [3.63, 3.8) is 0 Å². The first-order valence-corrected chi connectivity index (χ1v) is 4.35. The minimum Gasteiger partial charge on any atom is -0.324 e. The molecule has 0 atom stereocenters. The predicted octanol–water partition coefficient (Wildman–Crippen LogP) is 0.621. The van der Waals surface area contributed by atoms with Crippen LogP contribution in [0.2, 0.25) is 0 Å². The van der Waals surface area contributed by atoms with Crippen LogP contribution in [0.1, 0.15) is 6.92 Å². The van der Waals surface area contributed by atoms with Crippen LogP contribution in [0.3, 0.4) is 0 Å². The molecule has 2 heterocycles. The Morgan fingerprint density at radius 1 is 1.40 bits per heavy atom. The average molecular weight is 203 g/mol. The topological polar surface area (TPSA) is 72.7 Å². The molecule has 0 spiro atoms. The van der Waals surface area contributed by atoms with Crippen molar-refractivity contribution in [2.45, 2.75) is 6.92 Å². The van der Waals surface area contributed by atoms with Crippen molar-refractivity contribution >= 4 is 11.6 Å². The summed E-state index contributed by atoms with van der Waals surface area (Å²) in [4.78, 5) is 18.8. The zero-order valence-electron chi connectivity index (χ0n) is 8.08. The number of aromatic nitrogens is 4. The van der Waals surface area contributed by atoms with Gasteiger partial charge < -0.3 is 5.32 Å². The summed E-state index contributed by atoms with van der Waals surface area (Å²) in [6.45, 7) is 1.43. The number of amides is 1. The molecule has 2 aromatic heterocycles. The number of carbonyl (C=O) groups is 1. The van der Waals surface area contributed by atoms with Crippen LogP contribution in [-0.4, -0.2) is 25.7 Å². The SMILES string of the molecule is CC(=O)Nc1cnc(-n2cccn2)nc1. The van der Waals surface area contributed by atoms with Crippen molar-refractivity contribution in [2.75, 3.05) is 5.32 Å². The van der Waals surface area contributed by atoms with Crippen molar-refractivity contribution < 1.29 is 4.79 Å². The lowest BCUT2D eigenvalue weighted by atomic mass is 10.5. The van der Waals surface area contributed by atoms with Crippen molar-refractivity contribution in [3.8, 4) is 5.95 Å². The molecule has 1 amide bonds. The van der Waals surface area contributed by atoms with Gasteiger partial charge in [-0.15, -0.1) is 0 Å². The second-order valence-corrected chi connectivity index (χ2v) is 2.90. The fraction of sp³-hybridized carbons (Fsp3) is 0.111. The van der Waals surface area contributed by atoms with Crippen LogP contribution in [-0.2, 0) is 4.79 Å². The van der Waals surface area contributed by atoms with E-state index < -0.39 is 0 Å². The van der Waals surface area contributed by atoms with Gasteiger partial charge in [-0.3, -0.25) is 4.79 Å². The Hall–Kier alpha value is -2.24. The maximum Gasteiger partial charge on any atom is 0.250 e. The number of nitrogens with one attached hydrogen (secondary N) is 1. The highest BCUT2D eigenvalue weighted by Crippen LogP contribution is 2.04. The minimum absolute atomic E-state index is 0.148. The Balaban J connectivity index is 2.21. The smallest absolute Gasteiger partial charge is 0.250 e. The molecular weight excluding hydrogens is 194 g/mol. The first-order chi connectivity index (χ1) is 7.25. The van der Waals surface area contributed by atoms with Crippen molar-refractivity contribution in [1.29, 1.82) is 0 Å². The van der Waals surface area contributed by atoms with Gasteiger partial charge in [0, 0.05) is 19.3 Å². The highest BCUT2D eigenvalue weighted by molar-refractivity contribution is 5.88. The lowest BCUT2D eigenvalue weighted by Gasteiger charge is -2.02. The van der Waals surface area contributed by atoms with Gasteiger partial charge in [0.25, 0.3) is 5.95 Å². The van der Waals surface area contributed by atoms with Crippen LogP contribution in [0, 0.1) is 0 Å². The van der Waals surface area contributed by atoms with Gasteiger partial charge in [0.1, 0.15) is 0 Å². The lowest BCUT2D eigenvalue weighted by Crippen LogP contribution is -2.08. The van der Waals surface area contributed by atoms with E-state index in [4.69, 9.17) is 0 Å². The fourth-order valence-electron chi connectivity index (χ4n) is 1.09. The Bertz CT molecular complexity index is 448. The summed E-state index contributed by atoms with van der Waals surface area (Å²) in [6, 6.07) is 1.78. The molecule has 0 saturated carbocycles. The molecule has 0 fully saturated rings. The monoisotopic (exact) mass is 203 g/mol. The van der Waals surface area contributed by atoms with Crippen LogP contribution >= 0.6 is 0 Å². The summed E-state index contributed by atoms with van der Waals surface area (Å²) in [5.41, 5.74) is 0.568. The van der Waals surface area contributed by atoms with E-state index in [2.05, 4.69) is 20.4 Å². The van der Waals surface area contributed by atoms with Crippen LogP contribution in [0.4, 0.5) is 5.69 Å². The third-order valence-electron chi connectivity index (χ3n) is 1.67. The number of hydrogen-bond acceptors (Lipinski definition) is 4. The molecule has 76 valence electrons. The molecule has 0 bridgehead atoms. The molecule has 1 N–H and O–H groups in total. The predicted molar refractivity (Wildman–Crippen MR) is 53.5 cm³/mol. The summed E-state index contributed by atoms with van der Waals surface area (Å²) >= 11 is 0. The average Bonchev–Trinajstić information content (AvgIpc) is 2.71. The quantitative estimate of drug-likeness (QED) is 0.776. The van der Waals surface area contributed by atoms with Crippen LogP contribution in [0.5, 0.6) is 0 Å². The van der Waals surface area contributed by atoms with Gasteiger partial charge in [-0.25, -0.2) is 14.6 Å².